The molecule has 1 fully saturated rings. The van der Waals surface area contributed by atoms with Gasteiger partial charge in [0.1, 0.15) is 0 Å². The molecule has 1 aliphatic rings. The third-order valence-corrected chi connectivity index (χ3v) is 6.85. The molecule has 2 rings (SSSR count). The number of nitrogens with zero attached hydrogens (tertiary/aromatic N) is 1. The van der Waals surface area contributed by atoms with Crippen LogP contribution in [0.5, 0.6) is 0 Å². The molecule has 0 heterocycles. The van der Waals surface area contributed by atoms with Crippen LogP contribution < -0.4 is 15.4 Å². The van der Waals surface area contributed by atoms with Crippen LogP contribution in [-0.4, -0.2) is 34.0 Å². The van der Waals surface area contributed by atoms with Crippen molar-refractivity contribution in [1.82, 2.24) is 15.4 Å². The van der Waals surface area contributed by atoms with E-state index >= 15 is 0 Å². The van der Waals surface area contributed by atoms with Crippen molar-refractivity contribution in [2.75, 3.05) is 13.6 Å². The molecule has 7 heteroatoms. The molecule has 0 bridgehead atoms. The van der Waals surface area contributed by atoms with Gasteiger partial charge in [0.2, 0.25) is 10.0 Å². The van der Waals surface area contributed by atoms with Gasteiger partial charge in [0.25, 0.3) is 0 Å². The van der Waals surface area contributed by atoms with E-state index in [0.717, 1.165) is 35.5 Å². The molecule has 0 saturated heterocycles. The van der Waals surface area contributed by atoms with E-state index < -0.39 is 10.0 Å². The molecule has 3 N–H and O–H groups in total. The molecule has 6 nitrogen and oxygen atoms in total. The van der Waals surface area contributed by atoms with Gasteiger partial charge in [-0.1, -0.05) is 38.1 Å². The van der Waals surface area contributed by atoms with Crippen LogP contribution in [0.15, 0.2) is 29.3 Å². The van der Waals surface area contributed by atoms with Crippen LogP contribution in [0.1, 0.15) is 57.6 Å². The highest BCUT2D eigenvalue weighted by atomic mass is 32.2. The summed E-state index contributed by atoms with van der Waals surface area (Å²) in [5.41, 5.74) is 1.83. The largest absolute Gasteiger partial charge is 0.357 e. The highest BCUT2D eigenvalue weighted by Crippen LogP contribution is 2.29. The summed E-state index contributed by atoms with van der Waals surface area (Å²) in [4.78, 5) is 4.72. The smallest absolute Gasteiger partial charge is 0.215 e. The number of nitrogens with one attached hydrogen (secondary N) is 3. The number of rotatable bonds is 8. The van der Waals surface area contributed by atoms with E-state index in [1.54, 1.807) is 0 Å². The monoisotopic (exact) mass is 408 g/mol. The maximum Gasteiger partial charge on any atom is 0.215 e. The lowest BCUT2D eigenvalue weighted by atomic mass is 9.80. The van der Waals surface area contributed by atoms with Crippen molar-refractivity contribution in [3.05, 3.63) is 35.4 Å². The normalized spacial score (nSPS) is 21.0. The summed E-state index contributed by atoms with van der Waals surface area (Å²) in [6.07, 6.45) is 4.96. The molecule has 1 saturated carbocycles. The van der Waals surface area contributed by atoms with Gasteiger partial charge in [-0.15, -0.1) is 0 Å². The Bertz CT molecular complexity index is 721. The van der Waals surface area contributed by atoms with Crippen LogP contribution in [-0.2, 0) is 22.3 Å². The highest BCUT2D eigenvalue weighted by molar-refractivity contribution is 7.88. The van der Waals surface area contributed by atoms with Gasteiger partial charge >= 0.3 is 0 Å². The third kappa shape index (κ3) is 7.43. The summed E-state index contributed by atoms with van der Waals surface area (Å²) in [6, 6.07) is 8.09. The minimum absolute atomic E-state index is 0.00368. The van der Waals surface area contributed by atoms with Crippen molar-refractivity contribution in [3.63, 3.8) is 0 Å². The van der Waals surface area contributed by atoms with Gasteiger partial charge in [-0.3, -0.25) is 0 Å². The van der Waals surface area contributed by atoms with Crippen LogP contribution in [0.3, 0.4) is 0 Å². The lowest BCUT2D eigenvalue weighted by Crippen LogP contribution is -2.45. The summed E-state index contributed by atoms with van der Waals surface area (Å²) < 4.78 is 25.6. The first-order valence-corrected chi connectivity index (χ1v) is 12.0. The van der Waals surface area contributed by atoms with Gasteiger partial charge in [-0.25, -0.2) is 18.1 Å². The minimum atomic E-state index is -3.24. The Morgan fingerprint density at radius 2 is 1.71 bits per heavy atom. The van der Waals surface area contributed by atoms with Gasteiger partial charge in [0.05, 0.1) is 12.3 Å². The van der Waals surface area contributed by atoms with E-state index in [1.807, 2.05) is 24.3 Å². The molecule has 1 aliphatic carbocycles. The summed E-state index contributed by atoms with van der Waals surface area (Å²) in [5.74, 6) is 2.48. The van der Waals surface area contributed by atoms with Gasteiger partial charge in [-0.05, 0) is 62.6 Å². The van der Waals surface area contributed by atoms with E-state index in [4.69, 9.17) is 4.99 Å². The third-order valence-electron chi connectivity index (χ3n) is 5.51. The fourth-order valence-corrected chi connectivity index (χ4v) is 4.42. The van der Waals surface area contributed by atoms with Gasteiger partial charge in [0, 0.05) is 12.6 Å². The number of aliphatic imine (C=N–C) groups is 1. The molecule has 0 aliphatic heterocycles. The summed E-state index contributed by atoms with van der Waals surface area (Å²) >= 11 is 0. The van der Waals surface area contributed by atoms with Crippen molar-refractivity contribution < 1.29 is 8.42 Å². The second-order valence-corrected chi connectivity index (χ2v) is 9.90. The SMILES string of the molecule is CCNC(=NCc1ccc(CS(=O)(=O)NC)cc1)NC1CCC(C(C)C)CC1. The Hall–Kier alpha value is -1.60. The van der Waals surface area contributed by atoms with Gasteiger partial charge < -0.3 is 10.6 Å². The highest BCUT2D eigenvalue weighted by Gasteiger charge is 2.23. The molecule has 158 valence electrons. The number of sulfonamides is 1. The summed E-state index contributed by atoms with van der Waals surface area (Å²) in [7, 11) is -1.81. The maximum atomic E-state index is 11.6. The zero-order chi connectivity index (χ0) is 20.6. The first-order valence-electron chi connectivity index (χ1n) is 10.4. The number of guanidine groups is 1. The predicted octanol–water partition coefficient (Wildman–Crippen LogP) is 3.01. The minimum Gasteiger partial charge on any atom is -0.357 e. The molecule has 0 unspecified atom stereocenters. The average molecular weight is 409 g/mol. The topological polar surface area (TPSA) is 82.6 Å². The molecule has 1 aromatic rings. The van der Waals surface area contributed by atoms with Crippen molar-refractivity contribution in [2.24, 2.45) is 16.8 Å². The standard InChI is InChI=1S/C21H36N4O2S/c1-5-23-21(25-20-12-10-19(11-13-20)16(2)3)24-14-17-6-8-18(9-7-17)15-28(26,27)22-4/h6-9,16,19-20,22H,5,10-15H2,1-4H3,(H2,23,24,25). The number of hydrogen-bond donors (Lipinski definition) is 3. The lowest BCUT2D eigenvalue weighted by molar-refractivity contribution is 0.250. The molecular weight excluding hydrogens is 372 g/mol. The maximum absolute atomic E-state index is 11.6. The first-order chi connectivity index (χ1) is 13.3. The van der Waals surface area contributed by atoms with Crippen LogP contribution in [0, 0.1) is 11.8 Å². The van der Waals surface area contributed by atoms with Crippen LogP contribution in [0.2, 0.25) is 0 Å². The predicted molar refractivity (Wildman–Crippen MR) is 117 cm³/mol. The summed E-state index contributed by atoms with van der Waals surface area (Å²) in [6.45, 7) is 8.11. The van der Waals surface area contributed by atoms with E-state index in [1.165, 1.54) is 32.7 Å². The fraction of sp³-hybridized carbons (Fsp3) is 0.667. The Balaban J connectivity index is 1.91. The van der Waals surface area contributed by atoms with Crippen molar-refractivity contribution >= 4 is 16.0 Å². The Labute approximate surface area is 170 Å². The zero-order valence-electron chi connectivity index (χ0n) is 17.7. The quantitative estimate of drug-likeness (QED) is 0.456. The lowest BCUT2D eigenvalue weighted by Gasteiger charge is -2.32. The molecule has 0 atom stereocenters. The summed E-state index contributed by atoms with van der Waals surface area (Å²) in [5, 5.41) is 6.92. The van der Waals surface area contributed by atoms with E-state index in [0.29, 0.717) is 12.6 Å². The van der Waals surface area contributed by atoms with Crippen LogP contribution in [0.4, 0.5) is 0 Å². The van der Waals surface area contributed by atoms with Crippen molar-refractivity contribution in [2.45, 2.75) is 64.8 Å². The molecule has 0 spiro atoms. The molecule has 0 radical (unpaired) electrons. The van der Waals surface area contributed by atoms with Gasteiger partial charge in [-0.2, -0.15) is 0 Å². The average Bonchev–Trinajstić information content (AvgIpc) is 2.67. The van der Waals surface area contributed by atoms with E-state index in [2.05, 4.69) is 36.1 Å². The fourth-order valence-electron chi connectivity index (χ4n) is 3.65. The van der Waals surface area contributed by atoms with Crippen molar-refractivity contribution in [3.8, 4) is 0 Å². The Morgan fingerprint density at radius 3 is 2.25 bits per heavy atom. The molecule has 28 heavy (non-hydrogen) atoms. The number of hydrogen-bond acceptors (Lipinski definition) is 3. The molecule has 0 amide bonds. The second-order valence-electron chi connectivity index (χ2n) is 7.97. The Kier molecular flexibility index (Phi) is 8.76. The molecule has 1 aromatic carbocycles. The Morgan fingerprint density at radius 1 is 1.11 bits per heavy atom. The van der Waals surface area contributed by atoms with Crippen LogP contribution in [0.25, 0.3) is 0 Å². The second kappa shape index (κ2) is 10.8. The zero-order valence-corrected chi connectivity index (χ0v) is 18.5. The van der Waals surface area contributed by atoms with Crippen molar-refractivity contribution in [1.29, 1.82) is 0 Å². The molecule has 0 aromatic heterocycles. The van der Waals surface area contributed by atoms with Gasteiger partial charge in [0.15, 0.2) is 5.96 Å². The molecular formula is C21H36N4O2S. The van der Waals surface area contributed by atoms with E-state index in [-0.39, 0.29) is 5.75 Å². The number of benzene rings is 1. The first kappa shape index (κ1) is 22.7. The van der Waals surface area contributed by atoms with Crippen LogP contribution >= 0.6 is 0 Å². The van der Waals surface area contributed by atoms with E-state index in [9.17, 15) is 8.42 Å².